The molecule has 0 fully saturated rings. The lowest BCUT2D eigenvalue weighted by Gasteiger charge is -2.11. The van der Waals surface area contributed by atoms with Crippen molar-refractivity contribution in [1.29, 1.82) is 0 Å². The van der Waals surface area contributed by atoms with Gasteiger partial charge < -0.3 is 14.6 Å². The van der Waals surface area contributed by atoms with Crippen molar-refractivity contribution in [2.75, 3.05) is 0 Å². The summed E-state index contributed by atoms with van der Waals surface area (Å²) in [6, 6.07) is 4.22. The van der Waals surface area contributed by atoms with Crippen LogP contribution in [0.2, 0.25) is 0 Å². The summed E-state index contributed by atoms with van der Waals surface area (Å²) < 4.78 is 35.1. The molecule has 0 spiro atoms. The summed E-state index contributed by atoms with van der Waals surface area (Å²) >= 11 is 0. The van der Waals surface area contributed by atoms with Gasteiger partial charge in [0, 0.05) is 24.4 Å². The highest BCUT2D eigenvalue weighted by molar-refractivity contribution is 5.46. The van der Waals surface area contributed by atoms with Crippen molar-refractivity contribution in [2.24, 2.45) is 0 Å². The number of unbranched alkanes of at least 4 members (excludes halogenated alkanes) is 8. The molecule has 1 unspecified atom stereocenters. The Morgan fingerprint density at radius 3 is 2.13 bits per heavy atom. The summed E-state index contributed by atoms with van der Waals surface area (Å²) in [5, 5.41) is 10.5. The number of aromatic nitrogens is 2. The third kappa shape index (κ3) is 6.36. The summed E-state index contributed by atoms with van der Waals surface area (Å²) in [5.74, 6) is 0.599. The summed E-state index contributed by atoms with van der Waals surface area (Å²) in [7, 11) is 0. The smallest absolute Gasteiger partial charge is 0.395 e. The molecule has 0 amide bonds. The van der Waals surface area contributed by atoms with Gasteiger partial charge in [0.25, 0.3) is 0 Å². The van der Waals surface area contributed by atoms with Gasteiger partial charge in [-0.2, -0.15) is 0 Å². The van der Waals surface area contributed by atoms with Gasteiger partial charge >= 0.3 is 6.29 Å². The van der Waals surface area contributed by atoms with Crippen molar-refractivity contribution >= 4 is 0 Å². The minimum Gasteiger partial charge on any atom is -0.395 e. The van der Waals surface area contributed by atoms with Crippen molar-refractivity contribution in [3.63, 3.8) is 0 Å². The molecule has 1 aromatic carbocycles. The lowest BCUT2D eigenvalue weighted by Crippen LogP contribution is -2.25. The van der Waals surface area contributed by atoms with Crippen LogP contribution in [0.4, 0.5) is 8.78 Å². The van der Waals surface area contributed by atoms with Gasteiger partial charge in [-0.1, -0.05) is 64.4 Å². The molecule has 5 nitrogen and oxygen atoms in total. The topological polar surface area (TPSA) is 64.5 Å². The molecule has 1 N–H and O–H groups in total. The summed E-state index contributed by atoms with van der Waals surface area (Å²) in [5.41, 5.74) is 0.904. The SMILES string of the molecule is CCCCCCCCCCCc1ncc(C(O)c2ccc3c(c2)OC(F)(F)O3)cn1. The molecule has 7 heteroatoms. The summed E-state index contributed by atoms with van der Waals surface area (Å²) in [6.45, 7) is 2.23. The van der Waals surface area contributed by atoms with Crippen LogP contribution in [0.1, 0.15) is 87.8 Å². The zero-order chi connectivity index (χ0) is 21.4. The van der Waals surface area contributed by atoms with Gasteiger partial charge in [0.2, 0.25) is 0 Å². The van der Waals surface area contributed by atoms with Crippen molar-refractivity contribution in [3.8, 4) is 11.5 Å². The number of nitrogens with zero attached hydrogens (tertiary/aromatic N) is 2. The Balaban J connectivity index is 1.42. The second-order valence-electron chi connectivity index (χ2n) is 7.79. The maximum atomic E-state index is 13.1. The number of hydrogen-bond acceptors (Lipinski definition) is 5. The average Bonchev–Trinajstić information content (AvgIpc) is 3.05. The number of benzene rings is 1. The Morgan fingerprint density at radius 1 is 0.867 bits per heavy atom. The maximum Gasteiger partial charge on any atom is 0.586 e. The molecule has 0 saturated carbocycles. The molecule has 0 radical (unpaired) electrons. The average molecular weight is 421 g/mol. The minimum absolute atomic E-state index is 0.0523. The molecule has 1 aromatic heterocycles. The first-order valence-corrected chi connectivity index (χ1v) is 10.9. The molecule has 1 aliphatic heterocycles. The van der Waals surface area contributed by atoms with Gasteiger partial charge in [-0.3, -0.25) is 0 Å². The largest absolute Gasteiger partial charge is 0.586 e. The van der Waals surface area contributed by atoms with Gasteiger partial charge in [0.1, 0.15) is 11.9 Å². The molecular weight excluding hydrogens is 390 g/mol. The van der Waals surface area contributed by atoms with Gasteiger partial charge in [-0.25, -0.2) is 9.97 Å². The van der Waals surface area contributed by atoms with Crippen molar-refractivity contribution in [1.82, 2.24) is 9.97 Å². The first-order valence-electron chi connectivity index (χ1n) is 10.9. The number of aliphatic hydroxyl groups excluding tert-OH is 1. The Kier molecular flexibility index (Phi) is 7.96. The Bertz CT molecular complexity index is 800. The van der Waals surface area contributed by atoms with Crippen LogP contribution < -0.4 is 9.47 Å². The number of aryl methyl sites for hydroxylation is 1. The third-order valence-corrected chi connectivity index (χ3v) is 5.29. The van der Waals surface area contributed by atoms with E-state index in [0.717, 1.165) is 18.7 Å². The van der Waals surface area contributed by atoms with Crippen LogP contribution in [-0.2, 0) is 6.42 Å². The van der Waals surface area contributed by atoms with Crippen molar-refractivity contribution in [3.05, 3.63) is 47.5 Å². The number of hydrogen-bond donors (Lipinski definition) is 1. The van der Waals surface area contributed by atoms with Gasteiger partial charge in [0.05, 0.1) is 0 Å². The summed E-state index contributed by atoms with van der Waals surface area (Å²) in [6.07, 6.45) is 10.7. The number of rotatable bonds is 12. The highest BCUT2D eigenvalue weighted by Gasteiger charge is 2.43. The van der Waals surface area contributed by atoms with Gasteiger partial charge in [-0.15, -0.1) is 8.78 Å². The van der Waals surface area contributed by atoms with E-state index in [1.54, 1.807) is 12.4 Å². The molecule has 1 atom stereocenters. The standard InChI is InChI=1S/C23H30F2N2O3/c1-2-3-4-5-6-7-8-9-10-11-21-26-15-18(16-27-21)22(28)17-12-13-19-20(14-17)30-23(24,25)29-19/h12-16,22,28H,2-11H2,1H3. The van der Waals surface area contributed by atoms with E-state index in [2.05, 4.69) is 26.4 Å². The van der Waals surface area contributed by atoms with E-state index >= 15 is 0 Å². The molecule has 2 aromatic rings. The normalized spacial score (nSPS) is 15.3. The van der Waals surface area contributed by atoms with E-state index < -0.39 is 12.4 Å². The first-order chi connectivity index (χ1) is 14.5. The predicted molar refractivity (Wildman–Crippen MR) is 110 cm³/mol. The number of alkyl halides is 2. The fourth-order valence-electron chi connectivity index (χ4n) is 3.56. The fourth-order valence-corrected chi connectivity index (χ4v) is 3.56. The van der Waals surface area contributed by atoms with Crippen LogP contribution in [0.15, 0.2) is 30.6 Å². The molecule has 164 valence electrons. The highest BCUT2D eigenvalue weighted by atomic mass is 19.3. The number of fused-ring (bicyclic) bond motifs is 1. The van der Waals surface area contributed by atoms with E-state index in [4.69, 9.17) is 0 Å². The molecule has 0 bridgehead atoms. The van der Waals surface area contributed by atoms with Crippen LogP contribution in [0.25, 0.3) is 0 Å². The minimum atomic E-state index is -3.67. The number of ether oxygens (including phenoxy) is 2. The van der Waals surface area contributed by atoms with E-state index in [1.807, 2.05) is 0 Å². The molecule has 2 heterocycles. The van der Waals surface area contributed by atoms with Crippen LogP contribution >= 0.6 is 0 Å². The van der Waals surface area contributed by atoms with E-state index in [1.165, 1.54) is 69.6 Å². The van der Waals surface area contributed by atoms with Gasteiger partial charge in [-0.05, 0) is 24.1 Å². The summed E-state index contributed by atoms with van der Waals surface area (Å²) in [4.78, 5) is 8.68. The van der Waals surface area contributed by atoms with Crippen LogP contribution in [0, 0.1) is 0 Å². The second kappa shape index (κ2) is 10.7. The highest BCUT2D eigenvalue weighted by Crippen LogP contribution is 2.42. The number of aliphatic hydroxyl groups is 1. The quantitative estimate of drug-likeness (QED) is 0.430. The molecule has 0 aliphatic carbocycles. The predicted octanol–water partition coefficient (Wildman–Crippen LogP) is 5.95. The second-order valence-corrected chi connectivity index (χ2v) is 7.79. The monoisotopic (exact) mass is 420 g/mol. The van der Waals surface area contributed by atoms with Crippen LogP contribution in [0.3, 0.4) is 0 Å². The molecule has 3 rings (SSSR count). The lowest BCUT2D eigenvalue weighted by molar-refractivity contribution is -0.286. The lowest BCUT2D eigenvalue weighted by atomic mass is 10.0. The fraction of sp³-hybridized carbons (Fsp3) is 0.565. The van der Waals surface area contributed by atoms with E-state index in [-0.39, 0.29) is 11.5 Å². The Morgan fingerprint density at radius 2 is 1.47 bits per heavy atom. The van der Waals surface area contributed by atoms with E-state index in [0.29, 0.717) is 11.1 Å². The van der Waals surface area contributed by atoms with Crippen molar-refractivity contribution < 1.29 is 23.4 Å². The molecule has 1 aliphatic rings. The van der Waals surface area contributed by atoms with E-state index in [9.17, 15) is 13.9 Å². The zero-order valence-corrected chi connectivity index (χ0v) is 17.4. The van der Waals surface area contributed by atoms with Crippen LogP contribution in [-0.4, -0.2) is 21.4 Å². The third-order valence-electron chi connectivity index (χ3n) is 5.29. The van der Waals surface area contributed by atoms with Crippen molar-refractivity contribution in [2.45, 2.75) is 83.5 Å². The first kappa shape index (κ1) is 22.4. The zero-order valence-electron chi connectivity index (χ0n) is 17.4. The Hall–Kier alpha value is -2.28. The molecular formula is C23H30F2N2O3. The molecule has 0 saturated heterocycles. The molecule has 30 heavy (non-hydrogen) atoms. The van der Waals surface area contributed by atoms with Crippen LogP contribution in [0.5, 0.6) is 11.5 Å². The Labute approximate surface area is 176 Å². The number of halogens is 2. The maximum absolute atomic E-state index is 13.1. The van der Waals surface area contributed by atoms with Gasteiger partial charge in [0.15, 0.2) is 11.5 Å².